The van der Waals surface area contributed by atoms with E-state index in [1.807, 2.05) is 0 Å². The van der Waals surface area contributed by atoms with Gasteiger partial charge in [0.2, 0.25) is 0 Å². The topological polar surface area (TPSA) is 40.5 Å². The van der Waals surface area contributed by atoms with Crippen LogP contribution in [0.15, 0.2) is 18.2 Å². The van der Waals surface area contributed by atoms with Gasteiger partial charge in [-0.2, -0.15) is 0 Å². The van der Waals surface area contributed by atoms with Crippen molar-refractivity contribution in [3.63, 3.8) is 0 Å². The van der Waals surface area contributed by atoms with E-state index < -0.39 is 17.8 Å². The lowest BCUT2D eigenvalue weighted by atomic mass is 10.1. The van der Waals surface area contributed by atoms with Crippen molar-refractivity contribution < 1.29 is 14.3 Å². The molecule has 1 aromatic rings. The van der Waals surface area contributed by atoms with E-state index in [1.54, 1.807) is 7.05 Å². The molecule has 1 aliphatic rings. The third-order valence-corrected chi connectivity index (χ3v) is 3.37. The highest BCUT2D eigenvalue weighted by molar-refractivity contribution is 6.30. The van der Waals surface area contributed by atoms with Crippen LogP contribution in [0.25, 0.3) is 0 Å². The van der Waals surface area contributed by atoms with E-state index in [4.69, 9.17) is 11.6 Å². The van der Waals surface area contributed by atoms with E-state index in [-0.39, 0.29) is 23.0 Å². The van der Waals surface area contributed by atoms with Crippen LogP contribution in [0.2, 0.25) is 5.02 Å². The Labute approximate surface area is 110 Å². The van der Waals surface area contributed by atoms with Crippen molar-refractivity contribution >= 4 is 17.5 Å². The molecule has 0 spiro atoms. The standard InChI is InChI=1S/C13H15ClFNO2/c1-16(7-12(17)8-2-3-8)13(18)10-5-4-9(14)6-11(10)15/h4-6,8,12,17H,2-3,7H2,1H3. The molecule has 1 unspecified atom stereocenters. The molecule has 1 N–H and O–H groups in total. The molecule has 0 aromatic heterocycles. The van der Waals surface area contributed by atoms with Gasteiger partial charge in [0.1, 0.15) is 5.82 Å². The fourth-order valence-corrected chi connectivity index (χ4v) is 2.02. The van der Waals surface area contributed by atoms with Crippen LogP contribution in [0.1, 0.15) is 23.2 Å². The maximum atomic E-state index is 13.6. The van der Waals surface area contributed by atoms with Gasteiger partial charge in [-0.25, -0.2) is 4.39 Å². The van der Waals surface area contributed by atoms with Gasteiger partial charge in [0, 0.05) is 18.6 Å². The third-order valence-electron chi connectivity index (χ3n) is 3.14. The first-order valence-corrected chi connectivity index (χ1v) is 6.25. The van der Waals surface area contributed by atoms with E-state index in [0.29, 0.717) is 0 Å². The molecule has 0 heterocycles. The summed E-state index contributed by atoms with van der Waals surface area (Å²) in [6.45, 7) is 0.228. The normalized spacial score (nSPS) is 16.4. The van der Waals surface area contributed by atoms with Crippen molar-refractivity contribution in [2.75, 3.05) is 13.6 Å². The van der Waals surface area contributed by atoms with Gasteiger partial charge in [0.15, 0.2) is 0 Å². The number of hydrogen-bond acceptors (Lipinski definition) is 2. The highest BCUT2D eigenvalue weighted by Crippen LogP contribution is 2.32. The van der Waals surface area contributed by atoms with Gasteiger partial charge < -0.3 is 10.0 Å². The Balaban J connectivity index is 2.04. The first kappa shape index (κ1) is 13.3. The van der Waals surface area contributed by atoms with Crippen molar-refractivity contribution in [1.29, 1.82) is 0 Å². The predicted octanol–water partition coefficient (Wildman–Crippen LogP) is 2.32. The summed E-state index contributed by atoms with van der Waals surface area (Å²) in [5.74, 6) is -0.792. The molecular weight excluding hydrogens is 257 g/mol. The number of carbonyl (C=O) groups is 1. The van der Waals surface area contributed by atoms with E-state index in [2.05, 4.69) is 0 Å². The number of hydrogen-bond donors (Lipinski definition) is 1. The Morgan fingerprint density at radius 3 is 2.83 bits per heavy atom. The summed E-state index contributed by atoms with van der Waals surface area (Å²) < 4.78 is 13.6. The molecule has 1 aliphatic carbocycles. The maximum Gasteiger partial charge on any atom is 0.256 e. The van der Waals surface area contributed by atoms with Crippen molar-refractivity contribution in [3.8, 4) is 0 Å². The second-order valence-electron chi connectivity index (χ2n) is 4.71. The average Bonchev–Trinajstić information content (AvgIpc) is 3.11. The minimum atomic E-state index is -0.639. The Morgan fingerprint density at radius 2 is 2.28 bits per heavy atom. The fraction of sp³-hybridized carbons (Fsp3) is 0.462. The van der Waals surface area contributed by atoms with Crippen molar-refractivity contribution in [2.24, 2.45) is 5.92 Å². The monoisotopic (exact) mass is 271 g/mol. The minimum absolute atomic E-state index is 0.0232. The molecular formula is C13H15ClFNO2. The van der Waals surface area contributed by atoms with Gasteiger partial charge in [-0.05, 0) is 37.0 Å². The lowest BCUT2D eigenvalue weighted by Gasteiger charge is -2.21. The number of benzene rings is 1. The van der Waals surface area contributed by atoms with Gasteiger partial charge in [0.25, 0.3) is 5.91 Å². The first-order chi connectivity index (χ1) is 8.49. The molecule has 0 aliphatic heterocycles. The number of carbonyl (C=O) groups excluding carboxylic acids is 1. The van der Waals surface area contributed by atoms with Crippen LogP contribution in [0.3, 0.4) is 0 Å². The number of aliphatic hydroxyl groups excluding tert-OH is 1. The summed E-state index contributed by atoms with van der Waals surface area (Å²) in [6, 6.07) is 3.95. The Bertz CT molecular complexity index is 462. The molecule has 3 nitrogen and oxygen atoms in total. The molecule has 18 heavy (non-hydrogen) atoms. The molecule has 1 atom stereocenters. The quantitative estimate of drug-likeness (QED) is 0.913. The van der Waals surface area contributed by atoms with Gasteiger partial charge in [-0.15, -0.1) is 0 Å². The maximum absolute atomic E-state index is 13.6. The van der Waals surface area contributed by atoms with E-state index in [0.717, 1.165) is 18.9 Å². The summed E-state index contributed by atoms with van der Waals surface area (Å²) in [6.07, 6.45) is 1.48. The fourth-order valence-electron chi connectivity index (χ4n) is 1.86. The van der Waals surface area contributed by atoms with Crippen LogP contribution in [-0.4, -0.2) is 35.6 Å². The van der Waals surface area contributed by atoms with Crippen molar-refractivity contribution in [2.45, 2.75) is 18.9 Å². The molecule has 1 aromatic carbocycles. The lowest BCUT2D eigenvalue weighted by molar-refractivity contribution is 0.0641. The summed E-state index contributed by atoms with van der Waals surface area (Å²) in [4.78, 5) is 13.3. The van der Waals surface area contributed by atoms with Gasteiger partial charge in [-0.1, -0.05) is 11.6 Å². The van der Waals surface area contributed by atoms with Gasteiger partial charge in [-0.3, -0.25) is 4.79 Å². The Kier molecular flexibility index (Phi) is 3.88. The van der Waals surface area contributed by atoms with E-state index in [1.165, 1.54) is 17.0 Å². The summed E-state index contributed by atoms with van der Waals surface area (Å²) in [5.41, 5.74) is -0.0232. The van der Waals surface area contributed by atoms with Crippen molar-refractivity contribution in [1.82, 2.24) is 4.90 Å². The van der Waals surface area contributed by atoms with E-state index in [9.17, 15) is 14.3 Å². The van der Waals surface area contributed by atoms with Crippen LogP contribution in [0, 0.1) is 11.7 Å². The second kappa shape index (κ2) is 5.24. The Hall–Kier alpha value is -1.13. The summed E-state index contributed by atoms with van der Waals surface area (Å²) in [5, 5.41) is 10.0. The SMILES string of the molecule is CN(CC(O)C1CC1)C(=O)c1ccc(Cl)cc1F. The van der Waals surface area contributed by atoms with Crippen molar-refractivity contribution in [3.05, 3.63) is 34.6 Å². The van der Waals surface area contributed by atoms with Crippen LogP contribution >= 0.6 is 11.6 Å². The molecule has 1 amide bonds. The highest BCUT2D eigenvalue weighted by atomic mass is 35.5. The molecule has 1 saturated carbocycles. The predicted molar refractivity (Wildman–Crippen MR) is 67.1 cm³/mol. The zero-order valence-corrected chi connectivity index (χ0v) is 10.8. The molecule has 5 heteroatoms. The number of halogens is 2. The average molecular weight is 272 g/mol. The molecule has 98 valence electrons. The highest BCUT2D eigenvalue weighted by Gasteiger charge is 2.31. The minimum Gasteiger partial charge on any atom is -0.391 e. The van der Waals surface area contributed by atoms with Crippen LogP contribution < -0.4 is 0 Å². The lowest BCUT2D eigenvalue weighted by Crippen LogP contribution is -2.35. The number of nitrogens with zero attached hydrogens (tertiary/aromatic N) is 1. The van der Waals surface area contributed by atoms with Crippen LogP contribution in [0.4, 0.5) is 4.39 Å². The van der Waals surface area contributed by atoms with Crippen LogP contribution in [0.5, 0.6) is 0 Å². The zero-order valence-electron chi connectivity index (χ0n) is 10.1. The molecule has 0 saturated heterocycles. The molecule has 0 radical (unpaired) electrons. The third kappa shape index (κ3) is 3.00. The van der Waals surface area contributed by atoms with Gasteiger partial charge >= 0.3 is 0 Å². The molecule has 2 rings (SSSR count). The van der Waals surface area contributed by atoms with E-state index >= 15 is 0 Å². The summed E-state index contributed by atoms with van der Waals surface area (Å²) >= 11 is 5.63. The summed E-state index contributed by atoms with van der Waals surface area (Å²) in [7, 11) is 1.56. The zero-order chi connectivity index (χ0) is 13.3. The van der Waals surface area contributed by atoms with Crippen LogP contribution in [-0.2, 0) is 0 Å². The number of aliphatic hydroxyl groups is 1. The smallest absolute Gasteiger partial charge is 0.256 e. The first-order valence-electron chi connectivity index (χ1n) is 5.87. The molecule has 0 bridgehead atoms. The molecule has 1 fully saturated rings. The number of amides is 1. The Morgan fingerprint density at radius 1 is 1.61 bits per heavy atom. The van der Waals surface area contributed by atoms with Gasteiger partial charge in [0.05, 0.1) is 11.7 Å². The number of likely N-dealkylation sites (N-methyl/N-ethyl adjacent to an activating group) is 1. The second-order valence-corrected chi connectivity index (χ2v) is 5.15. The largest absolute Gasteiger partial charge is 0.391 e. The number of rotatable bonds is 4.